The van der Waals surface area contributed by atoms with E-state index >= 15 is 0 Å². The van der Waals surface area contributed by atoms with Crippen LogP contribution >= 0.6 is 0 Å². The van der Waals surface area contributed by atoms with E-state index in [1.165, 1.54) is 4.90 Å². The first-order valence-corrected chi connectivity index (χ1v) is 9.83. The van der Waals surface area contributed by atoms with Crippen molar-refractivity contribution in [2.45, 2.75) is 38.9 Å². The predicted molar refractivity (Wildman–Crippen MR) is 106 cm³/mol. The van der Waals surface area contributed by atoms with Gasteiger partial charge in [0.05, 0.1) is 12.5 Å². The number of nitrogens with zero attached hydrogens (tertiary/aromatic N) is 1. The zero-order chi connectivity index (χ0) is 20.6. The van der Waals surface area contributed by atoms with Gasteiger partial charge in [-0.1, -0.05) is 67.4 Å². The predicted octanol–water partition coefficient (Wildman–Crippen LogP) is -0.288. The molecule has 0 bridgehead atoms. The molecule has 8 heteroatoms. The maximum Gasteiger partial charge on any atom is 0.223 e. The molecular formula is C21H27N5O3. The van der Waals surface area contributed by atoms with E-state index in [0.29, 0.717) is 6.42 Å². The molecule has 1 aliphatic heterocycles. The second kappa shape index (κ2) is 10.1. The number of carbonyl (C=O) groups is 2. The van der Waals surface area contributed by atoms with E-state index in [1.807, 2.05) is 43.3 Å². The third-order valence-corrected chi connectivity index (χ3v) is 4.88. The molecule has 0 aliphatic carbocycles. The number of benzene rings is 2. The summed E-state index contributed by atoms with van der Waals surface area (Å²) in [5, 5.41) is 11.1. The van der Waals surface area contributed by atoms with Crippen molar-refractivity contribution in [2.75, 3.05) is 6.54 Å². The molecule has 2 aromatic rings. The number of hydrogen-bond acceptors (Lipinski definition) is 6. The first kappa shape index (κ1) is 20.9. The summed E-state index contributed by atoms with van der Waals surface area (Å²) in [4.78, 5) is 24.7. The number of hydrogen-bond donors (Lipinski definition) is 4. The van der Waals surface area contributed by atoms with E-state index < -0.39 is 12.5 Å². The second-order valence-corrected chi connectivity index (χ2v) is 7.04. The first-order chi connectivity index (χ1) is 14.1. The van der Waals surface area contributed by atoms with Gasteiger partial charge >= 0.3 is 0 Å². The summed E-state index contributed by atoms with van der Waals surface area (Å²) in [6.07, 6.45) is 1.95. The summed E-state index contributed by atoms with van der Waals surface area (Å²) < 4.78 is 0. The number of hydrazine groups is 1. The number of rotatable bonds is 9. The number of carbonyl (C=O) groups excluding carboxylic acids is 2. The van der Waals surface area contributed by atoms with Crippen LogP contribution in [0.1, 0.15) is 43.5 Å². The minimum atomic E-state index is -1.25. The van der Waals surface area contributed by atoms with Crippen LogP contribution in [0.3, 0.4) is 0 Å². The summed E-state index contributed by atoms with van der Waals surface area (Å²) in [7, 11) is 0. The van der Waals surface area contributed by atoms with Crippen molar-refractivity contribution in [1.29, 1.82) is 0 Å². The molecule has 154 valence electrons. The van der Waals surface area contributed by atoms with Crippen LogP contribution in [0.25, 0.3) is 11.1 Å². The quantitative estimate of drug-likeness (QED) is 0.433. The molecule has 2 aromatic carbocycles. The summed E-state index contributed by atoms with van der Waals surface area (Å²) in [5.41, 5.74) is 15.2. The highest BCUT2D eigenvalue weighted by Crippen LogP contribution is 2.27. The Hall–Kier alpha value is -2.78. The molecule has 3 rings (SSSR count). The molecule has 0 spiro atoms. The van der Waals surface area contributed by atoms with Crippen molar-refractivity contribution >= 4 is 11.9 Å². The molecule has 0 aromatic heterocycles. The fourth-order valence-corrected chi connectivity index (χ4v) is 3.36. The lowest BCUT2D eigenvalue weighted by molar-refractivity contribution is -0.748. The molecule has 1 saturated heterocycles. The zero-order valence-electron chi connectivity index (χ0n) is 16.5. The van der Waals surface area contributed by atoms with Crippen molar-refractivity contribution in [3.8, 4) is 11.1 Å². The number of aliphatic carboxylic acids is 1. The molecule has 1 unspecified atom stereocenters. The van der Waals surface area contributed by atoms with Gasteiger partial charge in [-0.3, -0.25) is 4.79 Å². The Labute approximate surface area is 170 Å². The van der Waals surface area contributed by atoms with E-state index in [-0.39, 0.29) is 18.6 Å². The lowest BCUT2D eigenvalue weighted by Gasteiger charge is -2.23. The van der Waals surface area contributed by atoms with Gasteiger partial charge in [0.15, 0.2) is 0 Å². The maximum absolute atomic E-state index is 12.3. The topological polar surface area (TPSA) is 113 Å². The van der Waals surface area contributed by atoms with Crippen molar-refractivity contribution < 1.29 is 20.2 Å². The van der Waals surface area contributed by atoms with E-state index in [1.54, 1.807) is 5.53 Å². The summed E-state index contributed by atoms with van der Waals surface area (Å²) in [5.74, 6) is -1.41. The normalized spacial score (nSPS) is 16.0. The fourth-order valence-electron chi connectivity index (χ4n) is 3.36. The van der Waals surface area contributed by atoms with Crippen LogP contribution in [0, 0.1) is 0 Å². The van der Waals surface area contributed by atoms with Crippen molar-refractivity contribution in [2.24, 2.45) is 0 Å². The summed E-state index contributed by atoms with van der Waals surface area (Å²) in [6.45, 7) is 1.86. The molecule has 29 heavy (non-hydrogen) atoms. The number of carboxylic acids is 1. The van der Waals surface area contributed by atoms with Gasteiger partial charge < -0.3 is 14.8 Å². The Kier molecular flexibility index (Phi) is 7.31. The molecule has 1 atom stereocenters. The Morgan fingerprint density at radius 2 is 1.90 bits per heavy atom. The molecule has 8 nitrogen and oxygen atoms in total. The number of nitrogens with one attached hydrogen (secondary N) is 3. The van der Waals surface area contributed by atoms with Gasteiger partial charge in [-0.15, -0.1) is 5.43 Å². The molecular weight excluding hydrogens is 370 g/mol. The Balaban J connectivity index is 1.75. The van der Waals surface area contributed by atoms with Gasteiger partial charge in [0, 0.05) is 13.0 Å². The van der Waals surface area contributed by atoms with Gasteiger partial charge in [-0.05, 0) is 28.7 Å². The maximum atomic E-state index is 12.3. The van der Waals surface area contributed by atoms with Gasteiger partial charge in [0.25, 0.3) is 0 Å². The largest absolute Gasteiger partial charge is 0.548 e. The average molecular weight is 397 g/mol. The molecule has 1 heterocycles. The van der Waals surface area contributed by atoms with Crippen molar-refractivity contribution in [3.05, 3.63) is 59.7 Å². The molecule has 1 fully saturated rings. The van der Waals surface area contributed by atoms with E-state index in [9.17, 15) is 14.7 Å². The van der Waals surface area contributed by atoms with Gasteiger partial charge in [0.2, 0.25) is 5.91 Å². The lowest BCUT2D eigenvalue weighted by atomic mass is 9.97. The summed E-state index contributed by atoms with van der Waals surface area (Å²) >= 11 is 0. The highest BCUT2D eigenvalue weighted by atomic mass is 16.4. The lowest BCUT2D eigenvalue weighted by Crippen LogP contribution is -2.97. The van der Waals surface area contributed by atoms with Gasteiger partial charge in [-0.2, -0.15) is 11.0 Å². The number of carboxylic acid groups (broad SMARTS) is 1. The molecule has 1 amide bonds. The number of amides is 1. The number of unbranched alkanes of at least 4 members (excludes halogenated alkanes) is 1. The van der Waals surface area contributed by atoms with Crippen molar-refractivity contribution in [1.82, 2.24) is 21.3 Å². The zero-order valence-corrected chi connectivity index (χ0v) is 16.5. The number of quaternary nitrogens is 1. The highest BCUT2D eigenvalue weighted by Gasteiger charge is 2.21. The van der Waals surface area contributed by atoms with E-state index in [0.717, 1.165) is 35.1 Å². The summed E-state index contributed by atoms with van der Waals surface area (Å²) in [6, 6.07) is 16.0. The van der Waals surface area contributed by atoms with Crippen LogP contribution in [-0.2, 0) is 16.1 Å². The minimum Gasteiger partial charge on any atom is -0.548 e. The Bertz CT molecular complexity index is 834. The first-order valence-electron chi connectivity index (χ1n) is 9.83. The van der Waals surface area contributed by atoms with Crippen LogP contribution in [0.4, 0.5) is 0 Å². The molecule has 0 saturated carbocycles. The van der Waals surface area contributed by atoms with E-state index in [2.05, 4.69) is 28.5 Å². The van der Waals surface area contributed by atoms with Crippen LogP contribution in [-0.4, -0.2) is 23.3 Å². The second-order valence-electron chi connectivity index (χ2n) is 7.04. The number of nitrogens with two attached hydrogens (primary N) is 1. The average Bonchev–Trinajstić information content (AvgIpc) is 3.26. The standard InChI is InChI=1S/C21H27N5O3/c1-2-3-8-19(27)26(14-20(28)29)13-15-9-11-16(12-10-15)17-6-4-5-7-18(17)21-22-24-25-23-21/h4-7,9-12,21-25H,2-3,8,13-14H2,1H3,(H,28,29). The van der Waals surface area contributed by atoms with Crippen LogP contribution < -0.4 is 27.0 Å². The Morgan fingerprint density at radius 1 is 1.14 bits per heavy atom. The van der Waals surface area contributed by atoms with Crippen LogP contribution in [0.15, 0.2) is 48.5 Å². The van der Waals surface area contributed by atoms with Gasteiger partial charge in [-0.25, -0.2) is 0 Å². The minimum absolute atomic E-state index is 0.0272. The van der Waals surface area contributed by atoms with Crippen LogP contribution in [0.2, 0.25) is 0 Å². The highest BCUT2D eigenvalue weighted by molar-refractivity contribution is 5.80. The van der Waals surface area contributed by atoms with Gasteiger partial charge in [0.1, 0.15) is 6.17 Å². The Morgan fingerprint density at radius 3 is 2.55 bits per heavy atom. The molecule has 5 N–H and O–H groups in total. The third-order valence-electron chi connectivity index (χ3n) is 4.88. The SMILES string of the molecule is CCCCC(=O)N(CC(=O)[O-])Cc1ccc(-c2ccccc2C2NN[NH2+]N2)cc1. The van der Waals surface area contributed by atoms with Crippen LogP contribution in [0.5, 0.6) is 0 Å². The molecule has 0 radical (unpaired) electrons. The van der Waals surface area contributed by atoms with E-state index in [4.69, 9.17) is 0 Å². The fraction of sp³-hybridized carbons (Fsp3) is 0.333. The third kappa shape index (κ3) is 5.61. The smallest absolute Gasteiger partial charge is 0.223 e. The monoisotopic (exact) mass is 397 g/mol. The van der Waals surface area contributed by atoms with Crippen molar-refractivity contribution in [3.63, 3.8) is 0 Å². The molecule has 1 aliphatic rings.